The van der Waals surface area contributed by atoms with Gasteiger partial charge >= 0.3 is 0 Å². The van der Waals surface area contributed by atoms with Crippen molar-refractivity contribution in [3.05, 3.63) is 42.5 Å². The van der Waals surface area contributed by atoms with Crippen molar-refractivity contribution in [1.29, 1.82) is 0 Å². The fraction of sp³-hybridized carbons (Fsp3) is 0.400. The van der Waals surface area contributed by atoms with Crippen LogP contribution < -0.4 is 16.4 Å². The Labute approximate surface area is 169 Å². The van der Waals surface area contributed by atoms with Crippen LogP contribution in [0.3, 0.4) is 0 Å². The van der Waals surface area contributed by atoms with E-state index in [1.165, 1.54) is 6.42 Å². The van der Waals surface area contributed by atoms with Gasteiger partial charge in [-0.25, -0.2) is 0 Å². The number of nitrogens with two attached hydrogens (primary N) is 1. The van der Waals surface area contributed by atoms with Gasteiger partial charge in [0.25, 0.3) is 5.91 Å². The van der Waals surface area contributed by atoms with E-state index in [0.29, 0.717) is 17.4 Å². The zero-order valence-corrected chi connectivity index (χ0v) is 16.7. The predicted octanol–water partition coefficient (Wildman–Crippen LogP) is 2.22. The smallest absolute Gasteiger partial charge is 0.254 e. The highest BCUT2D eigenvalue weighted by molar-refractivity contribution is 5.98. The number of likely N-dealkylation sites (N-methyl/N-ethyl adjacent to an activating group) is 1. The molecule has 0 radical (unpaired) electrons. The van der Waals surface area contributed by atoms with Crippen LogP contribution in [0.5, 0.6) is 0 Å². The minimum absolute atomic E-state index is 0.202. The normalized spacial score (nSPS) is 19.2. The minimum Gasteiger partial charge on any atom is -0.365 e. The van der Waals surface area contributed by atoms with Gasteiger partial charge in [-0.15, -0.1) is 0 Å². The Balaban J connectivity index is 1.57. The Kier molecular flexibility index (Phi) is 5.30. The van der Waals surface area contributed by atoms with Crippen molar-refractivity contribution in [2.45, 2.75) is 37.8 Å². The lowest BCUT2D eigenvalue weighted by Gasteiger charge is -2.31. The second kappa shape index (κ2) is 8.04. The molecular weight excluding hydrogens is 368 g/mol. The highest BCUT2D eigenvalue weighted by atomic mass is 16.1. The van der Waals surface area contributed by atoms with Gasteiger partial charge in [-0.2, -0.15) is 10.2 Å². The molecule has 0 bridgehead atoms. The molecule has 9 nitrogen and oxygen atoms in total. The number of carbonyl (C=O) groups is 1. The Morgan fingerprint density at radius 3 is 2.69 bits per heavy atom. The number of primary amides is 1. The third-order valence-electron chi connectivity index (χ3n) is 5.46. The molecule has 9 heteroatoms. The lowest BCUT2D eigenvalue weighted by molar-refractivity contribution is 0.100. The van der Waals surface area contributed by atoms with Gasteiger partial charge in [0.15, 0.2) is 5.82 Å². The lowest BCUT2D eigenvalue weighted by atomic mass is 9.90. The maximum atomic E-state index is 12.0. The molecule has 4 N–H and O–H groups in total. The van der Waals surface area contributed by atoms with E-state index in [2.05, 4.69) is 25.8 Å². The van der Waals surface area contributed by atoms with Gasteiger partial charge in [0.05, 0.1) is 29.8 Å². The highest BCUT2D eigenvalue weighted by Gasteiger charge is 2.27. The molecule has 0 saturated heterocycles. The van der Waals surface area contributed by atoms with E-state index in [1.807, 2.05) is 37.1 Å². The number of rotatable bonds is 6. The molecule has 1 aliphatic carbocycles. The van der Waals surface area contributed by atoms with Gasteiger partial charge in [-0.3, -0.25) is 19.1 Å². The largest absolute Gasteiger partial charge is 0.365 e. The van der Waals surface area contributed by atoms with Gasteiger partial charge in [0.1, 0.15) is 5.56 Å². The van der Waals surface area contributed by atoms with Gasteiger partial charge in [-0.05, 0) is 32.0 Å². The molecule has 4 rings (SSSR count). The fourth-order valence-corrected chi connectivity index (χ4v) is 3.93. The monoisotopic (exact) mass is 394 g/mol. The van der Waals surface area contributed by atoms with Crippen LogP contribution in [0.25, 0.3) is 11.3 Å². The van der Waals surface area contributed by atoms with Gasteiger partial charge in [0, 0.05) is 31.0 Å². The second-order valence-electron chi connectivity index (χ2n) is 7.44. The van der Waals surface area contributed by atoms with Crippen molar-refractivity contribution in [2.75, 3.05) is 12.4 Å². The second-order valence-corrected chi connectivity index (χ2v) is 7.44. The van der Waals surface area contributed by atoms with Crippen LogP contribution >= 0.6 is 0 Å². The summed E-state index contributed by atoms with van der Waals surface area (Å²) in [6, 6.07) is 4.33. The molecular formula is C20H26N8O. The van der Waals surface area contributed by atoms with E-state index >= 15 is 0 Å². The van der Waals surface area contributed by atoms with Gasteiger partial charge in [0.2, 0.25) is 0 Å². The molecule has 0 unspecified atom stereocenters. The van der Waals surface area contributed by atoms with Gasteiger partial charge < -0.3 is 16.4 Å². The molecule has 0 aliphatic heterocycles. The van der Waals surface area contributed by atoms with Crippen LogP contribution in [0.15, 0.2) is 36.9 Å². The summed E-state index contributed by atoms with van der Waals surface area (Å²) >= 11 is 0. The average molecular weight is 394 g/mol. The molecule has 1 saturated carbocycles. The number of nitrogens with zero attached hydrogens (tertiary/aromatic N) is 5. The Hall–Kier alpha value is -3.20. The molecule has 1 aliphatic rings. The van der Waals surface area contributed by atoms with Crippen molar-refractivity contribution >= 4 is 17.4 Å². The first-order valence-corrected chi connectivity index (χ1v) is 9.83. The van der Waals surface area contributed by atoms with Crippen molar-refractivity contribution < 1.29 is 4.79 Å². The Morgan fingerprint density at radius 2 is 2.03 bits per heavy atom. The van der Waals surface area contributed by atoms with E-state index in [-0.39, 0.29) is 6.04 Å². The minimum atomic E-state index is -0.504. The van der Waals surface area contributed by atoms with Crippen LogP contribution in [0.1, 0.15) is 42.1 Å². The van der Waals surface area contributed by atoms with Crippen LogP contribution in [0, 0.1) is 0 Å². The molecule has 0 spiro atoms. The molecule has 2 atom stereocenters. The van der Waals surface area contributed by atoms with E-state index in [1.54, 1.807) is 23.3 Å². The van der Waals surface area contributed by atoms with E-state index in [0.717, 1.165) is 36.2 Å². The number of nitrogens with one attached hydrogen (secondary N) is 2. The summed E-state index contributed by atoms with van der Waals surface area (Å²) < 4.78 is 3.61. The first-order chi connectivity index (χ1) is 14.0. The van der Waals surface area contributed by atoms with Crippen LogP contribution in [-0.4, -0.2) is 43.5 Å². The number of amides is 1. The number of anilines is 2. The third kappa shape index (κ3) is 4.00. The number of carbonyl (C=O) groups excluding carboxylic acids is 1. The first-order valence-electron chi connectivity index (χ1n) is 9.83. The van der Waals surface area contributed by atoms with E-state index in [4.69, 9.17) is 5.73 Å². The fourth-order valence-electron chi connectivity index (χ4n) is 3.93. The SMILES string of the molecule is CN[C@H]1CCCC[C@@H]1n1cc(C(N)=O)c(Nc2ccc(-c3cnn(C)c3)nc2)n1. The number of hydrogen-bond acceptors (Lipinski definition) is 6. The predicted molar refractivity (Wildman–Crippen MR) is 111 cm³/mol. The summed E-state index contributed by atoms with van der Waals surface area (Å²) in [6.07, 6.45) is 11.6. The summed E-state index contributed by atoms with van der Waals surface area (Å²) in [5, 5.41) is 15.4. The molecule has 1 amide bonds. The molecule has 1 fully saturated rings. The van der Waals surface area contributed by atoms with E-state index in [9.17, 15) is 4.79 Å². The van der Waals surface area contributed by atoms with Crippen LogP contribution in [0.2, 0.25) is 0 Å². The van der Waals surface area contributed by atoms with Crippen molar-refractivity contribution in [2.24, 2.45) is 12.8 Å². The zero-order chi connectivity index (χ0) is 20.4. The third-order valence-corrected chi connectivity index (χ3v) is 5.46. The summed E-state index contributed by atoms with van der Waals surface area (Å²) in [6.45, 7) is 0. The Bertz CT molecular complexity index is 990. The summed E-state index contributed by atoms with van der Waals surface area (Å²) in [7, 11) is 3.84. The molecule has 29 heavy (non-hydrogen) atoms. The topological polar surface area (TPSA) is 116 Å². The van der Waals surface area contributed by atoms with Crippen molar-refractivity contribution in [1.82, 2.24) is 29.9 Å². The highest BCUT2D eigenvalue weighted by Crippen LogP contribution is 2.30. The van der Waals surface area contributed by atoms with Gasteiger partial charge in [-0.1, -0.05) is 12.8 Å². The maximum Gasteiger partial charge on any atom is 0.254 e. The van der Waals surface area contributed by atoms with Crippen molar-refractivity contribution in [3.63, 3.8) is 0 Å². The summed E-state index contributed by atoms with van der Waals surface area (Å²) in [5.74, 6) is -0.0515. The van der Waals surface area contributed by atoms with Crippen molar-refractivity contribution in [3.8, 4) is 11.3 Å². The first kappa shape index (κ1) is 19.1. The standard InChI is InChI=1S/C20H26N8O/c1-22-17-5-3-4-6-18(17)28-12-15(19(21)29)20(26-28)25-14-7-8-16(23-10-14)13-9-24-27(2)11-13/h7-12,17-18,22H,3-6H2,1-2H3,(H2,21,29)(H,25,26)/t17-,18-/m0/s1. The van der Waals surface area contributed by atoms with Crippen LogP contribution in [0.4, 0.5) is 11.5 Å². The molecule has 3 aromatic heterocycles. The number of hydrogen-bond donors (Lipinski definition) is 3. The summed E-state index contributed by atoms with van der Waals surface area (Å²) in [5.41, 5.74) is 8.48. The zero-order valence-electron chi connectivity index (χ0n) is 16.7. The Morgan fingerprint density at radius 1 is 1.21 bits per heavy atom. The number of aromatic nitrogens is 5. The van der Waals surface area contributed by atoms with Crippen LogP contribution in [-0.2, 0) is 7.05 Å². The number of aryl methyl sites for hydroxylation is 1. The lowest BCUT2D eigenvalue weighted by Crippen LogP contribution is -2.37. The number of pyridine rings is 1. The molecule has 3 heterocycles. The van der Waals surface area contributed by atoms with E-state index < -0.39 is 5.91 Å². The maximum absolute atomic E-state index is 12.0. The summed E-state index contributed by atoms with van der Waals surface area (Å²) in [4.78, 5) is 16.5. The molecule has 0 aromatic carbocycles. The average Bonchev–Trinajstić information content (AvgIpc) is 3.35. The molecule has 152 valence electrons. The quantitative estimate of drug-likeness (QED) is 0.590. The molecule has 3 aromatic rings.